The first-order chi connectivity index (χ1) is 16.3. The highest BCUT2D eigenvalue weighted by atomic mass is 35.5. The molecule has 0 fully saturated rings. The molecule has 0 aliphatic rings. The fraction of sp³-hybridized carbons (Fsp3) is 0.143. The molecule has 4 rings (SSSR count). The standard InChI is InChI=1S/C21H18ClF2N5O3S2/c22-15-4-3-14(17(9-15)25-5-8-29-6-1-2-7-29)12-32-18-10-16(23)11-19(20(18)24)34(30,31)28-21-26-13-27-33-21/h1-4,6-7,9-11,13,25H,5,8,12H2,(H,26,27,28). The maximum absolute atomic E-state index is 15.0. The second-order valence-corrected chi connectivity index (χ2v) is 9.87. The number of halogens is 3. The number of benzene rings is 2. The molecule has 0 atom stereocenters. The first-order valence-electron chi connectivity index (χ1n) is 9.86. The molecule has 0 amide bonds. The predicted molar refractivity (Wildman–Crippen MR) is 126 cm³/mol. The molecule has 0 spiro atoms. The third-order valence-electron chi connectivity index (χ3n) is 4.65. The Morgan fingerprint density at radius 3 is 2.68 bits per heavy atom. The number of hydrogen-bond acceptors (Lipinski definition) is 7. The number of aromatic nitrogens is 3. The van der Waals surface area contributed by atoms with Crippen LogP contribution in [0.2, 0.25) is 5.02 Å². The van der Waals surface area contributed by atoms with Gasteiger partial charge < -0.3 is 14.6 Å². The SMILES string of the molecule is O=S(=O)(Nc1ncns1)c1cc(F)cc(OCc2ccc(Cl)cc2NCCn2cccc2)c1F. The molecular formula is C21H18ClF2N5O3S2. The molecule has 34 heavy (non-hydrogen) atoms. The van der Waals surface area contributed by atoms with Crippen LogP contribution >= 0.6 is 23.1 Å². The average Bonchev–Trinajstić information content (AvgIpc) is 3.49. The van der Waals surface area contributed by atoms with Crippen LogP contribution in [0, 0.1) is 11.6 Å². The molecule has 4 aromatic rings. The summed E-state index contributed by atoms with van der Waals surface area (Å²) in [5.41, 5.74) is 1.28. The van der Waals surface area contributed by atoms with Crippen LogP contribution in [0.4, 0.5) is 19.6 Å². The normalized spacial score (nSPS) is 11.4. The molecule has 2 N–H and O–H groups in total. The van der Waals surface area contributed by atoms with Gasteiger partial charge in [0, 0.05) is 59.4 Å². The van der Waals surface area contributed by atoms with Crippen molar-refractivity contribution in [2.75, 3.05) is 16.6 Å². The number of nitrogens with zero attached hydrogens (tertiary/aromatic N) is 3. The van der Waals surface area contributed by atoms with Gasteiger partial charge in [0.15, 0.2) is 11.6 Å². The summed E-state index contributed by atoms with van der Waals surface area (Å²) in [6.45, 7) is 1.11. The molecule has 0 aliphatic carbocycles. The number of nitrogens with one attached hydrogen (secondary N) is 2. The summed E-state index contributed by atoms with van der Waals surface area (Å²) in [4.78, 5) is 2.78. The summed E-state index contributed by atoms with van der Waals surface area (Å²) >= 11 is 6.87. The summed E-state index contributed by atoms with van der Waals surface area (Å²) in [6.07, 6.45) is 5.00. The molecule has 0 bridgehead atoms. The number of anilines is 2. The van der Waals surface area contributed by atoms with E-state index >= 15 is 4.39 Å². The molecule has 2 aromatic carbocycles. The average molecular weight is 526 g/mol. The van der Waals surface area contributed by atoms with Gasteiger partial charge in [0.1, 0.15) is 23.6 Å². The first kappa shape index (κ1) is 23.9. The summed E-state index contributed by atoms with van der Waals surface area (Å²) < 4.78 is 67.5. The van der Waals surface area contributed by atoms with Crippen LogP contribution in [0.15, 0.2) is 66.1 Å². The largest absolute Gasteiger partial charge is 0.486 e. The zero-order valence-corrected chi connectivity index (χ0v) is 19.8. The molecule has 0 radical (unpaired) electrons. The van der Waals surface area contributed by atoms with Crippen molar-refractivity contribution in [1.82, 2.24) is 13.9 Å². The van der Waals surface area contributed by atoms with Crippen molar-refractivity contribution in [3.05, 3.63) is 83.4 Å². The van der Waals surface area contributed by atoms with Crippen LogP contribution in [-0.2, 0) is 23.2 Å². The minimum absolute atomic E-state index is 0.0806. The Labute approximate surface area is 203 Å². The highest BCUT2D eigenvalue weighted by molar-refractivity contribution is 7.93. The van der Waals surface area contributed by atoms with Crippen molar-refractivity contribution in [2.24, 2.45) is 0 Å². The molecule has 0 saturated heterocycles. The monoisotopic (exact) mass is 525 g/mol. The van der Waals surface area contributed by atoms with Crippen LogP contribution in [0.25, 0.3) is 0 Å². The van der Waals surface area contributed by atoms with Gasteiger partial charge in [0.2, 0.25) is 5.13 Å². The van der Waals surface area contributed by atoms with E-state index in [0.29, 0.717) is 35.4 Å². The highest BCUT2D eigenvalue weighted by Crippen LogP contribution is 2.29. The van der Waals surface area contributed by atoms with Gasteiger partial charge in [-0.05, 0) is 30.3 Å². The molecular weight excluding hydrogens is 508 g/mol. The minimum atomic E-state index is -4.46. The number of ether oxygens (including phenoxy) is 1. The topological polar surface area (TPSA) is 98.1 Å². The highest BCUT2D eigenvalue weighted by Gasteiger charge is 2.25. The summed E-state index contributed by atoms with van der Waals surface area (Å²) in [7, 11) is -4.46. The number of sulfonamides is 1. The Bertz CT molecular complexity index is 1370. The van der Waals surface area contributed by atoms with Crippen molar-refractivity contribution < 1.29 is 21.9 Å². The zero-order chi connectivity index (χ0) is 24.1. The van der Waals surface area contributed by atoms with E-state index < -0.39 is 32.3 Å². The van der Waals surface area contributed by atoms with Crippen LogP contribution in [0.5, 0.6) is 5.75 Å². The van der Waals surface area contributed by atoms with E-state index in [4.69, 9.17) is 16.3 Å². The smallest absolute Gasteiger partial charge is 0.266 e. The van der Waals surface area contributed by atoms with Gasteiger partial charge in [-0.1, -0.05) is 17.7 Å². The van der Waals surface area contributed by atoms with Crippen LogP contribution in [-0.4, -0.2) is 28.9 Å². The fourth-order valence-corrected chi connectivity index (χ4v) is 5.00. The lowest BCUT2D eigenvalue weighted by atomic mass is 10.2. The lowest BCUT2D eigenvalue weighted by Gasteiger charge is -2.15. The van der Waals surface area contributed by atoms with E-state index in [2.05, 4.69) is 19.4 Å². The van der Waals surface area contributed by atoms with Gasteiger partial charge in [-0.3, -0.25) is 4.72 Å². The van der Waals surface area contributed by atoms with Gasteiger partial charge in [0.05, 0.1) is 0 Å². The Balaban J connectivity index is 1.51. The second-order valence-electron chi connectivity index (χ2n) is 7.01. The van der Waals surface area contributed by atoms with Gasteiger partial charge >= 0.3 is 0 Å². The molecule has 2 aromatic heterocycles. The maximum Gasteiger partial charge on any atom is 0.266 e. The van der Waals surface area contributed by atoms with Gasteiger partial charge in [-0.25, -0.2) is 22.2 Å². The van der Waals surface area contributed by atoms with Crippen molar-refractivity contribution in [3.8, 4) is 5.75 Å². The number of rotatable bonds is 10. The van der Waals surface area contributed by atoms with Gasteiger partial charge in [0.25, 0.3) is 10.0 Å². The van der Waals surface area contributed by atoms with Gasteiger partial charge in [-0.15, -0.1) is 0 Å². The zero-order valence-electron chi connectivity index (χ0n) is 17.4. The van der Waals surface area contributed by atoms with Crippen molar-refractivity contribution >= 4 is 44.0 Å². The molecule has 13 heteroatoms. The van der Waals surface area contributed by atoms with E-state index in [1.54, 1.807) is 18.2 Å². The second kappa shape index (κ2) is 10.4. The Hall–Kier alpha value is -3.22. The van der Waals surface area contributed by atoms with E-state index in [9.17, 15) is 12.8 Å². The Morgan fingerprint density at radius 1 is 1.15 bits per heavy atom. The van der Waals surface area contributed by atoms with Crippen molar-refractivity contribution in [1.29, 1.82) is 0 Å². The molecule has 2 heterocycles. The van der Waals surface area contributed by atoms with Crippen LogP contribution < -0.4 is 14.8 Å². The van der Waals surface area contributed by atoms with Crippen molar-refractivity contribution in [3.63, 3.8) is 0 Å². The van der Waals surface area contributed by atoms with E-state index in [1.165, 1.54) is 0 Å². The molecule has 8 nitrogen and oxygen atoms in total. The number of hydrogen-bond donors (Lipinski definition) is 2. The maximum atomic E-state index is 15.0. The van der Waals surface area contributed by atoms with E-state index in [-0.39, 0.29) is 11.7 Å². The third kappa shape index (κ3) is 5.82. The Kier molecular flexibility index (Phi) is 7.29. The summed E-state index contributed by atoms with van der Waals surface area (Å²) in [5.74, 6) is -2.75. The summed E-state index contributed by atoms with van der Waals surface area (Å²) in [5, 5.41) is 3.65. The summed E-state index contributed by atoms with van der Waals surface area (Å²) in [6, 6.07) is 10.2. The first-order valence-corrected chi connectivity index (χ1v) is 12.5. The minimum Gasteiger partial charge on any atom is -0.486 e. The van der Waals surface area contributed by atoms with Gasteiger partial charge in [-0.2, -0.15) is 4.37 Å². The fourth-order valence-electron chi connectivity index (χ4n) is 3.06. The quantitative estimate of drug-likeness (QED) is 0.310. The Morgan fingerprint density at radius 2 is 1.94 bits per heavy atom. The van der Waals surface area contributed by atoms with Crippen LogP contribution in [0.3, 0.4) is 0 Å². The van der Waals surface area contributed by atoms with Crippen LogP contribution in [0.1, 0.15) is 5.56 Å². The van der Waals surface area contributed by atoms with E-state index in [0.717, 1.165) is 23.9 Å². The van der Waals surface area contributed by atoms with E-state index in [1.807, 2.05) is 29.1 Å². The molecule has 0 unspecified atom stereocenters. The lowest BCUT2D eigenvalue weighted by molar-refractivity contribution is 0.285. The third-order valence-corrected chi connectivity index (χ3v) is 6.93. The molecule has 0 saturated carbocycles. The van der Waals surface area contributed by atoms with Crippen molar-refractivity contribution in [2.45, 2.75) is 18.0 Å². The molecule has 178 valence electrons. The predicted octanol–water partition coefficient (Wildman–Crippen LogP) is 4.76. The lowest BCUT2D eigenvalue weighted by Crippen LogP contribution is -2.16. The molecule has 0 aliphatic heterocycles.